The molecule has 0 aromatic heterocycles. The molecule has 2 rings (SSSR count). The summed E-state index contributed by atoms with van der Waals surface area (Å²) in [6, 6.07) is 14.1. The summed E-state index contributed by atoms with van der Waals surface area (Å²) in [5, 5.41) is 2.50. The molecule has 6 heteroatoms. The molecule has 6 nitrogen and oxygen atoms in total. The lowest BCUT2D eigenvalue weighted by atomic mass is 10.1. The van der Waals surface area contributed by atoms with Gasteiger partial charge in [-0.05, 0) is 43.7 Å². The summed E-state index contributed by atoms with van der Waals surface area (Å²) in [6.45, 7) is 4.96. The standard InChI is InChI=1S/C22H23NO5/c1-4-27-21-11-10-18(15(2)24)13-19(21)14-28-22(26)20(23-16(3)25)12-17-8-6-5-7-9-17/h5-13H,4,14H2,1-3H3,(H,23,25). The van der Waals surface area contributed by atoms with Crippen molar-refractivity contribution >= 4 is 23.7 Å². The molecule has 0 unspecified atom stereocenters. The third-order valence-electron chi connectivity index (χ3n) is 3.77. The largest absolute Gasteiger partial charge is 0.493 e. The molecule has 0 aliphatic carbocycles. The number of nitrogens with one attached hydrogen (secondary N) is 1. The fraction of sp³-hybridized carbons (Fsp3) is 0.227. The third kappa shape index (κ3) is 6.09. The summed E-state index contributed by atoms with van der Waals surface area (Å²) in [4.78, 5) is 35.6. The normalized spacial score (nSPS) is 10.9. The molecule has 0 fully saturated rings. The molecule has 0 saturated carbocycles. The van der Waals surface area contributed by atoms with Crippen molar-refractivity contribution in [1.82, 2.24) is 5.32 Å². The van der Waals surface area contributed by atoms with Gasteiger partial charge in [-0.15, -0.1) is 0 Å². The van der Waals surface area contributed by atoms with E-state index in [1.54, 1.807) is 36.4 Å². The van der Waals surface area contributed by atoms with Crippen LogP contribution in [0.3, 0.4) is 0 Å². The Bertz CT molecular complexity index is 887. The molecule has 2 aromatic rings. The van der Waals surface area contributed by atoms with E-state index in [4.69, 9.17) is 9.47 Å². The first-order valence-corrected chi connectivity index (χ1v) is 8.88. The molecule has 2 aromatic carbocycles. The molecular formula is C22H23NO5. The number of ketones is 1. The van der Waals surface area contributed by atoms with Crippen LogP contribution in [0.15, 0.2) is 54.2 Å². The number of hydrogen-bond donors (Lipinski definition) is 1. The van der Waals surface area contributed by atoms with Crippen LogP contribution >= 0.6 is 0 Å². The van der Waals surface area contributed by atoms with Gasteiger partial charge in [0.25, 0.3) is 0 Å². The van der Waals surface area contributed by atoms with Crippen LogP contribution in [-0.4, -0.2) is 24.3 Å². The average molecular weight is 381 g/mol. The monoisotopic (exact) mass is 381 g/mol. The molecule has 0 aliphatic rings. The molecule has 1 N–H and O–H groups in total. The lowest BCUT2D eigenvalue weighted by Gasteiger charge is -2.13. The second-order valence-corrected chi connectivity index (χ2v) is 6.04. The summed E-state index contributed by atoms with van der Waals surface area (Å²) in [6.07, 6.45) is 1.54. The summed E-state index contributed by atoms with van der Waals surface area (Å²) in [5.74, 6) is -0.630. The van der Waals surface area contributed by atoms with Gasteiger partial charge < -0.3 is 14.8 Å². The average Bonchev–Trinajstić information content (AvgIpc) is 2.67. The van der Waals surface area contributed by atoms with Crippen molar-refractivity contribution in [3.05, 3.63) is 70.9 Å². The maximum atomic E-state index is 12.5. The van der Waals surface area contributed by atoms with E-state index in [-0.39, 0.29) is 24.0 Å². The Morgan fingerprint density at radius 3 is 2.36 bits per heavy atom. The number of ether oxygens (including phenoxy) is 2. The molecular weight excluding hydrogens is 358 g/mol. The maximum Gasteiger partial charge on any atom is 0.355 e. The van der Waals surface area contributed by atoms with Crippen LogP contribution in [0.1, 0.15) is 42.3 Å². The van der Waals surface area contributed by atoms with Gasteiger partial charge >= 0.3 is 5.97 Å². The highest BCUT2D eigenvalue weighted by atomic mass is 16.5. The minimum atomic E-state index is -0.685. The molecule has 0 spiro atoms. The number of carbonyl (C=O) groups excluding carboxylic acids is 3. The van der Waals surface area contributed by atoms with E-state index in [0.717, 1.165) is 5.56 Å². The van der Waals surface area contributed by atoms with E-state index in [0.29, 0.717) is 23.5 Å². The quantitative estimate of drug-likeness (QED) is 0.430. The van der Waals surface area contributed by atoms with Crippen LogP contribution in [0.25, 0.3) is 6.08 Å². The van der Waals surface area contributed by atoms with Crippen LogP contribution in [0, 0.1) is 0 Å². The second-order valence-electron chi connectivity index (χ2n) is 6.04. The first kappa shape index (κ1) is 20.9. The zero-order valence-electron chi connectivity index (χ0n) is 16.2. The molecule has 0 aliphatic heterocycles. The lowest BCUT2D eigenvalue weighted by molar-refractivity contribution is -0.141. The van der Waals surface area contributed by atoms with Crippen molar-refractivity contribution in [1.29, 1.82) is 0 Å². The molecule has 0 radical (unpaired) electrons. The number of esters is 1. The maximum absolute atomic E-state index is 12.5. The Morgan fingerprint density at radius 2 is 1.75 bits per heavy atom. The molecule has 0 bridgehead atoms. The van der Waals surface area contributed by atoms with Crippen molar-refractivity contribution in [2.75, 3.05) is 6.61 Å². The number of amides is 1. The molecule has 0 heterocycles. The summed E-state index contributed by atoms with van der Waals surface area (Å²) in [5.41, 5.74) is 1.84. The number of hydrogen-bond acceptors (Lipinski definition) is 5. The number of benzene rings is 2. The van der Waals surface area contributed by atoms with Gasteiger partial charge in [0, 0.05) is 18.1 Å². The molecule has 146 valence electrons. The van der Waals surface area contributed by atoms with E-state index in [2.05, 4.69) is 5.32 Å². The first-order chi connectivity index (χ1) is 13.4. The van der Waals surface area contributed by atoms with Gasteiger partial charge in [0.15, 0.2) is 5.78 Å². The van der Waals surface area contributed by atoms with Gasteiger partial charge in [-0.2, -0.15) is 0 Å². The fourth-order valence-electron chi connectivity index (χ4n) is 2.48. The third-order valence-corrected chi connectivity index (χ3v) is 3.77. The summed E-state index contributed by atoms with van der Waals surface area (Å²) in [7, 11) is 0. The van der Waals surface area contributed by atoms with E-state index >= 15 is 0 Å². The topological polar surface area (TPSA) is 81.7 Å². The predicted molar refractivity (Wildman–Crippen MR) is 106 cm³/mol. The molecule has 28 heavy (non-hydrogen) atoms. The van der Waals surface area contributed by atoms with Crippen LogP contribution in [0.4, 0.5) is 0 Å². The zero-order chi connectivity index (χ0) is 20.5. The molecule has 1 amide bonds. The molecule has 0 saturated heterocycles. The highest BCUT2D eigenvalue weighted by Crippen LogP contribution is 2.22. The Labute approximate surface area is 164 Å². The molecule has 0 atom stereocenters. The van der Waals surface area contributed by atoms with E-state index in [1.807, 2.05) is 25.1 Å². The van der Waals surface area contributed by atoms with Crippen LogP contribution in [-0.2, 0) is 20.9 Å². The van der Waals surface area contributed by atoms with Crippen molar-refractivity contribution in [2.45, 2.75) is 27.4 Å². The highest BCUT2D eigenvalue weighted by molar-refractivity contribution is 5.97. The fourth-order valence-corrected chi connectivity index (χ4v) is 2.48. The lowest BCUT2D eigenvalue weighted by Crippen LogP contribution is -2.26. The minimum Gasteiger partial charge on any atom is -0.493 e. The van der Waals surface area contributed by atoms with E-state index in [1.165, 1.54) is 13.8 Å². The van der Waals surface area contributed by atoms with Crippen molar-refractivity contribution in [3.63, 3.8) is 0 Å². The van der Waals surface area contributed by atoms with Gasteiger partial charge in [-0.25, -0.2) is 4.79 Å². The number of Topliss-reactive ketones (excluding diaryl/α,β-unsaturated/α-hetero) is 1. The van der Waals surface area contributed by atoms with E-state index in [9.17, 15) is 14.4 Å². The summed E-state index contributed by atoms with van der Waals surface area (Å²) < 4.78 is 10.9. The van der Waals surface area contributed by atoms with Gasteiger partial charge in [0.2, 0.25) is 5.91 Å². The van der Waals surface area contributed by atoms with Crippen molar-refractivity contribution in [2.24, 2.45) is 0 Å². The smallest absolute Gasteiger partial charge is 0.355 e. The first-order valence-electron chi connectivity index (χ1n) is 8.88. The predicted octanol–water partition coefficient (Wildman–Crippen LogP) is 3.51. The second kappa shape index (κ2) is 10.1. The Morgan fingerprint density at radius 1 is 1.04 bits per heavy atom. The number of rotatable bonds is 8. The van der Waals surface area contributed by atoms with Crippen molar-refractivity contribution in [3.8, 4) is 5.75 Å². The van der Waals surface area contributed by atoms with Crippen LogP contribution < -0.4 is 10.1 Å². The Balaban J connectivity index is 2.22. The van der Waals surface area contributed by atoms with Gasteiger partial charge in [-0.3, -0.25) is 9.59 Å². The SMILES string of the molecule is CCOc1ccc(C(C)=O)cc1COC(=O)C(=Cc1ccccc1)NC(C)=O. The summed E-state index contributed by atoms with van der Waals surface area (Å²) >= 11 is 0. The van der Waals surface area contributed by atoms with Gasteiger partial charge in [0.05, 0.1) is 6.61 Å². The van der Waals surface area contributed by atoms with Crippen molar-refractivity contribution < 1.29 is 23.9 Å². The highest BCUT2D eigenvalue weighted by Gasteiger charge is 2.15. The van der Waals surface area contributed by atoms with Gasteiger partial charge in [0.1, 0.15) is 18.1 Å². The Kier molecular flexibility index (Phi) is 7.51. The van der Waals surface area contributed by atoms with Crippen LogP contribution in [0.2, 0.25) is 0 Å². The van der Waals surface area contributed by atoms with E-state index < -0.39 is 5.97 Å². The van der Waals surface area contributed by atoms with Crippen LogP contribution in [0.5, 0.6) is 5.75 Å². The Hall–Kier alpha value is -3.41. The minimum absolute atomic E-state index is 0.0272. The van der Waals surface area contributed by atoms with Gasteiger partial charge in [-0.1, -0.05) is 30.3 Å². The number of carbonyl (C=O) groups is 3. The zero-order valence-corrected chi connectivity index (χ0v) is 16.2.